The van der Waals surface area contributed by atoms with Gasteiger partial charge < -0.3 is 15.0 Å². The van der Waals surface area contributed by atoms with Crippen LogP contribution in [0.1, 0.15) is 32.6 Å². The minimum atomic E-state index is -0.138. The number of esters is 1. The van der Waals surface area contributed by atoms with Crippen LogP contribution < -0.4 is 5.32 Å². The fourth-order valence-corrected chi connectivity index (χ4v) is 1.30. The van der Waals surface area contributed by atoms with Crippen molar-refractivity contribution in [2.75, 3.05) is 40.3 Å². The first-order chi connectivity index (χ1) is 7.66. The molecule has 0 aromatic carbocycles. The smallest absolute Gasteiger partial charge is 0.319 e. The van der Waals surface area contributed by atoms with Gasteiger partial charge in [-0.3, -0.25) is 4.79 Å². The third-order valence-corrected chi connectivity index (χ3v) is 2.24. The maximum Gasteiger partial charge on any atom is 0.319 e. The van der Waals surface area contributed by atoms with E-state index in [2.05, 4.69) is 17.1 Å². The van der Waals surface area contributed by atoms with Crippen LogP contribution in [0.5, 0.6) is 0 Å². The quantitative estimate of drug-likeness (QED) is 0.453. The van der Waals surface area contributed by atoms with Crippen molar-refractivity contribution in [3.8, 4) is 0 Å². The number of nitrogens with one attached hydrogen (secondary N) is 1. The second-order valence-corrected chi connectivity index (χ2v) is 4.26. The highest BCUT2D eigenvalue weighted by molar-refractivity contribution is 5.71. The van der Waals surface area contributed by atoms with Gasteiger partial charge >= 0.3 is 5.97 Å². The van der Waals surface area contributed by atoms with Crippen LogP contribution >= 0.6 is 0 Å². The van der Waals surface area contributed by atoms with Gasteiger partial charge in [-0.1, -0.05) is 19.8 Å². The first-order valence-corrected chi connectivity index (χ1v) is 6.18. The highest BCUT2D eigenvalue weighted by Gasteiger charge is 2.01. The molecule has 0 aliphatic rings. The largest absolute Gasteiger partial charge is 0.465 e. The van der Waals surface area contributed by atoms with Gasteiger partial charge in [-0.2, -0.15) is 0 Å². The van der Waals surface area contributed by atoms with Crippen molar-refractivity contribution < 1.29 is 9.53 Å². The zero-order valence-electron chi connectivity index (χ0n) is 10.9. The zero-order valence-corrected chi connectivity index (χ0v) is 10.9. The van der Waals surface area contributed by atoms with E-state index in [0.717, 1.165) is 38.8 Å². The third-order valence-electron chi connectivity index (χ3n) is 2.24. The van der Waals surface area contributed by atoms with Gasteiger partial charge in [-0.15, -0.1) is 0 Å². The van der Waals surface area contributed by atoms with Crippen LogP contribution in [0.15, 0.2) is 0 Å². The molecule has 0 heterocycles. The summed E-state index contributed by atoms with van der Waals surface area (Å²) in [6.07, 6.45) is 4.31. The zero-order chi connectivity index (χ0) is 12.2. The van der Waals surface area contributed by atoms with Gasteiger partial charge in [0, 0.05) is 0 Å². The van der Waals surface area contributed by atoms with E-state index in [4.69, 9.17) is 4.74 Å². The fourth-order valence-electron chi connectivity index (χ4n) is 1.30. The van der Waals surface area contributed by atoms with E-state index < -0.39 is 0 Å². The number of hydrogen-bond acceptors (Lipinski definition) is 4. The van der Waals surface area contributed by atoms with Crippen molar-refractivity contribution >= 4 is 5.97 Å². The Hall–Kier alpha value is -0.610. The molecule has 0 aliphatic carbocycles. The number of carbonyl (C=O) groups is 1. The van der Waals surface area contributed by atoms with Gasteiger partial charge in [0.2, 0.25) is 0 Å². The van der Waals surface area contributed by atoms with Gasteiger partial charge in [-0.25, -0.2) is 0 Å². The molecule has 4 heteroatoms. The Labute approximate surface area is 99.3 Å². The molecule has 96 valence electrons. The summed E-state index contributed by atoms with van der Waals surface area (Å²) in [4.78, 5) is 13.3. The summed E-state index contributed by atoms with van der Waals surface area (Å²) in [5, 5.41) is 3.08. The summed E-state index contributed by atoms with van der Waals surface area (Å²) in [6, 6.07) is 0. The summed E-state index contributed by atoms with van der Waals surface area (Å²) < 4.78 is 5.06. The molecule has 0 fully saturated rings. The molecule has 0 aromatic heterocycles. The summed E-state index contributed by atoms with van der Waals surface area (Å²) in [5.41, 5.74) is 0. The maximum absolute atomic E-state index is 11.2. The normalized spacial score (nSPS) is 10.8. The average molecular weight is 230 g/mol. The van der Waals surface area contributed by atoms with Gasteiger partial charge in [-0.05, 0) is 40.0 Å². The lowest BCUT2D eigenvalue weighted by Crippen LogP contribution is -2.27. The minimum absolute atomic E-state index is 0.138. The van der Waals surface area contributed by atoms with Gasteiger partial charge in [0.1, 0.15) is 0 Å². The third kappa shape index (κ3) is 11.5. The average Bonchev–Trinajstić information content (AvgIpc) is 2.23. The summed E-state index contributed by atoms with van der Waals surface area (Å²) in [7, 11) is 4.09. The topological polar surface area (TPSA) is 41.6 Å². The van der Waals surface area contributed by atoms with Crippen LogP contribution in [0.2, 0.25) is 0 Å². The fraction of sp³-hybridized carbons (Fsp3) is 0.917. The molecule has 0 rings (SSSR count). The monoisotopic (exact) mass is 230 g/mol. The Morgan fingerprint density at radius 1 is 1.25 bits per heavy atom. The van der Waals surface area contributed by atoms with E-state index in [1.165, 1.54) is 0 Å². The van der Waals surface area contributed by atoms with Crippen molar-refractivity contribution in [3.05, 3.63) is 0 Å². The maximum atomic E-state index is 11.2. The standard InChI is InChI=1S/C12H26N2O2/c1-4-5-6-10-16-12(15)11-13-8-7-9-14(2)3/h13H,4-11H2,1-3H3. The molecule has 0 saturated heterocycles. The molecule has 4 nitrogen and oxygen atoms in total. The predicted molar refractivity (Wildman–Crippen MR) is 66.5 cm³/mol. The van der Waals surface area contributed by atoms with Crippen molar-refractivity contribution in [2.24, 2.45) is 0 Å². The highest BCUT2D eigenvalue weighted by atomic mass is 16.5. The molecule has 1 N–H and O–H groups in total. The van der Waals surface area contributed by atoms with Crippen LogP contribution in [-0.2, 0) is 9.53 Å². The van der Waals surface area contributed by atoms with E-state index >= 15 is 0 Å². The van der Waals surface area contributed by atoms with Gasteiger partial charge in [0.25, 0.3) is 0 Å². The molecule has 0 aliphatic heterocycles. The number of ether oxygens (including phenoxy) is 1. The summed E-state index contributed by atoms with van der Waals surface area (Å²) in [6.45, 7) is 4.93. The molecule has 0 unspecified atom stereocenters. The van der Waals surface area contributed by atoms with Crippen LogP contribution in [0.25, 0.3) is 0 Å². The summed E-state index contributed by atoms with van der Waals surface area (Å²) in [5.74, 6) is -0.138. The van der Waals surface area contributed by atoms with Crippen molar-refractivity contribution in [2.45, 2.75) is 32.6 Å². The molecule has 0 bridgehead atoms. The molecule has 0 amide bonds. The number of carbonyl (C=O) groups excluding carboxylic acids is 1. The molecule has 16 heavy (non-hydrogen) atoms. The van der Waals surface area contributed by atoms with Gasteiger partial charge in [0.15, 0.2) is 0 Å². The second kappa shape index (κ2) is 10.9. The van der Waals surface area contributed by atoms with E-state index in [1.807, 2.05) is 14.1 Å². The SMILES string of the molecule is CCCCCOC(=O)CNCCCN(C)C. The van der Waals surface area contributed by atoms with E-state index in [1.54, 1.807) is 0 Å². The number of hydrogen-bond donors (Lipinski definition) is 1. The van der Waals surface area contributed by atoms with E-state index in [0.29, 0.717) is 13.2 Å². The predicted octanol–water partition coefficient (Wildman–Crippen LogP) is 1.26. The van der Waals surface area contributed by atoms with Gasteiger partial charge in [0.05, 0.1) is 13.2 Å². The Morgan fingerprint density at radius 3 is 2.62 bits per heavy atom. The Balaban J connectivity index is 3.17. The highest BCUT2D eigenvalue weighted by Crippen LogP contribution is 1.94. The van der Waals surface area contributed by atoms with Crippen molar-refractivity contribution in [1.82, 2.24) is 10.2 Å². The first kappa shape index (κ1) is 15.4. The van der Waals surface area contributed by atoms with Crippen LogP contribution in [-0.4, -0.2) is 51.2 Å². The minimum Gasteiger partial charge on any atom is -0.465 e. The molecule has 0 spiro atoms. The summed E-state index contributed by atoms with van der Waals surface area (Å²) >= 11 is 0. The van der Waals surface area contributed by atoms with Crippen molar-refractivity contribution in [1.29, 1.82) is 0 Å². The first-order valence-electron chi connectivity index (χ1n) is 6.18. The Kier molecular flexibility index (Phi) is 10.5. The Morgan fingerprint density at radius 2 is 2.00 bits per heavy atom. The van der Waals surface area contributed by atoms with E-state index in [-0.39, 0.29) is 5.97 Å². The lowest BCUT2D eigenvalue weighted by atomic mass is 10.3. The van der Waals surface area contributed by atoms with Crippen molar-refractivity contribution in [3.63, 3.8) is 0 Å². The number of unbranched alkanes of at least 4 members (excludes halogenated alkanes) is 2. The van der Waals surface area contributed by atoms with Crippen LogP contribution in [0, 0.1) is 0 Å². The molecule has 0 saturated carbocycles. The molecule has 0 radical (unpaired) electrons. The molecule has 0 atom stereocenters. The molecular weight excluding hydrogens is 204 g/mol. The lowest BCUT2D eigenvalue weighted by Gasteiger charge is -2.09. The number of rotatable bonds is 10. The molecular formula is C12H26N2O2. The second-order valence-electron chi connectivity index (χ2n) is 4.26. The molecule has 0 aromatic rings. The van der Waals surface area contributed by atoms with Crippen LogP contribution in [0.4, 0.5) is 0 Å². The number of nitrogens with zero attached hydrogens (tertiary/aromatic N) is 1. The Bertz CT molecular complexity index is 172. The van der Waals surface area contributed by atoms with E-state index in [9.17, 15) is 4.79 Å². The lowest BCUT2D eigenvalue weighted by molar-refractivity contribution is -0.142. The van der Waals surface area contributed by atoms with Crippen LogP contribution in [0.3, 0.4) is 0 Å².